The molecule has 3 unspecified atom stereocenters. The van der Waals surface area contributed by atoms with Crippen molar-refractivity contribution in [1.29, 1.82) is 0 Å². The van der Waals surface area contributed by atoms with Crippen LogP contribution in [0.3, 0.4) is 0 Å². The highest BCUT2D eigenvalue weighted by Crippen LogP contribution is 2.44. The summed E-state index contributed by atoms with van der Waals surface area (Å²) >= 11 is 0. The molecular weight excluding hydrogens is 444 g/mol. The van der Waals surface area contributed by atoms with E-state index in [2.05, 4.69) is 34.9 Å². The number of ether oxygens (including phenoxy) is 1. The third kappa shape index (κ3) is 5.19. The van der Waals surface area contributed by atoms with Gasteiger partial charge < -0.3 is 20.5 Å². The lowest BCUT2D eigenvalue weighted by atomic mass is 9.87. The Morgan fingerprint density at radius 3 is 2.23 bits per heavy atom. The molecule has 2 aromatic rings. The van der Waals surface area contributed by atoms with Crippen molar-refractivity contribution in [3.63, 3.8) is 0 Å². The number of rotatable bonds is 9. The summed E-state index contributed by atoms with van der Waals surface area (Å²) in [6.07, 6.45) is 2.42. The molecule has 1 saturated carbocycles. The second-order valence-electron chi connectivity index (χ2n) is 9.94. The van der Waals surface area contributed by atoms with E-state index >= 15 is 0 Å². The summed E-state index contributed by atoms with van der Waals surface area (Å²) in [5.74, 6) is -1.28. The molecule has 2 aliphatic carbocycles. The summed E-state index contributed by atoms with van der Waals surface area (Å²) in [5.41, 5.74) is 3.70. The largest absolute Gasteiger partial charge is 0.481 e. The normalized spacial score (nSPS) is 20.4. The lowest BCUT2D eigenvalue weighted by Crippen LogP contribution is -2.44. The van der Waals surface area contributed by atoms with Crippen LogP contribution in [0, 0.1) is 17.3 Å². The first-order valence-corrected chi connectivity index (χ1v) is 12.4. The van der Waals surface area contributed by atoms with E-state index in [0.717, 1.165) is 30.4 Å². The van der Waals surface area contributed by atoms with Crippen molar-refractivity contribution in [1.82, 2.24) is 10.6 Å². The van der Waals surface area contributed by atoms with Crippen LogP contribution < -0.4 is 10.6 Å². The van der Waals surface area contributed by atoms with Crippen LogP contribution in [-0.2, 0) is 14.3 Å². The van der Waals surface area contributed by atoms with Crippen molar-refractivity contribution in [2.45, 2.75) is 45.4 Å². The van der Waals surface area contributed by atoms with Gasteiger partial charge in [-0.05, 0) is 54.4 Å². The Labute approximate surface area is 206 Å². The molecule has 7 heteroatoms. The molecule has 35 heavy (non-hydrogen) atoms. The number of carbonyl (C=O) groups is 3. The molecule has 3 atom stereocenters. The van der Waals surface area contributed by atoms with Crippen molar-refractivity contribution < 1.29 is 24.2 Å². The maximum absolute atomic E-state index is 12.8. The van der Waals surface area contributed by atoms with Crippen molar-refractivity contribution in [2.24, 2.45) is 17.3 Å². The predicted molar refractivity (Wildman–Crippen MR) is 133 cm³/mol. The van der Waals surface area contributed by atoms with Crippen LogP contribution >= 0.6 is 0 Å². The van der Waals surface area contributed by atoms with Gasteiger partial charge >= 0.3 is 12.1 Å². The van der Waals surface area contributed by atoms with Crippen LogP contribution in [-0.4, -0.2) is 42.8 Å². The van der Waals surface area contributed by atoms with Crippen molar-refractivity contribution >= 4 is 18.0 Å². The maximum atomic E-state index is 12.8. The Kier molecular flexibility index (Phi) is 7.43. The fourth-order valence-corrected chi connectivity index (χ4v) is 5.26. The van der Waals surface area contributed by atoms with E-state index in [9.17, 15) is 19.5 Å². The smallest absolute Gasteiger partial charge is 0.407 e. The SMILES string of the molecule is CCC(C)(CNC(=O)C1CCCC1CNC(=O)OCC1c2ccccc2-c2ccccc21)C(=O)O. The van der Waals surface area contributed by atoms with Gasteiger partial charge in [0.2, 0.25) is 5.91 Å². The quantitative estimate of drug-likeness (QED) is 0.490. The molecule has 0 spiro atoms. The fraction of sp³-hybridized carbons (Fsp3) is 0.464. The second-order valence-corrected chi connectivity index (χ2v) is 9.94. The third-order valence-electron chi connectivity index (χ3n) is 7.80. The number of nitrogens with one attached hydrogen (secondary N) is 2. The first-order valence-electron chi connectivity index (χ1n) is 12.4. The van der Waals surface area contributed by atoms with Crippen LogP contribution in [0.2, 0.25) is 0 Å². The maximum Gasteiger partial charge on any atom is 0.407 e. The van der Waals surface area contributed by atoms with Crippen LogP contribution in [0.1, 0.15) is 56.6 Å². The average Bonchev–Trinajstić information content (AvgIpc) is 3.47. The molecule has 0 saturated heterocycles. The van der Waals surface area contributed by atoms with E-state index in [1.165, 1.54) is 11.1 Å². The van der Waals surface area contributed by atoms with Gasteiger partial charge in [0.25, 0.3) is 0 Å². The lowest BCUT2D eigenvalue weighted by Gasteiger charge is -2.25. The number of carboxylic acids is 1. The minimum atomic E-state index is -0.983. The molecule has 0 radical (unpaired) electrons. The van der Waals surface area contributed by atoms with Crippen LogP contribution in [0.4, 0.5) is 4.79 Å². The molecule has 1 fully saturated rings. The monoisotopic (exact) mass is 478 g/mol. The van der Waals surface area contributed by atoms with Crippen LogP contribution in [0.25, 0.3) is 11.1 Å². The Balaban J connectivity index is 1.29. The molecule has 0 heterocycles. The zero-order valence-electron chi connectivity index (χ0n) is 20.4. The van der Waals surface area contributed by atoms with Crippen LogP contribution in [0.5, 0.6) is 0 Å². The molecule has 7 nitrogen and oxygen atoms in total. The highest BCUT2D eigenvalue weighted by molar-refractivity contribution is 5.81. The first-order chi connectivity index (χ1) is 16.8. The number of hydrogen-bond acceptors (Lipinski definition) is 4. The van der Waals surface area contributed by atoms with Crippen molar-refractivity contribution in [2.75, 3.05) is 19.7 Å². The molecule has 2 aromatic carbocycles. The number of carbonyl (C=O) groups excluding carboxylic acids is 2. The van der Waals surface area contributed by atoms with Crippen molar-refractivity contribution in [3.8, 4) is 11.1 Å². The van der Waals surface area contributed by atoms with Gasteiger partial charge in [-0.15, -0.1) is 0 Å². The van der Waals surface area contributed by atoms with Gasteiger partial charge in [0, 0.05) is 24.9 Å². The summed E-state index contributed by atoms with van der Waals surface area (Å²) in [5, 5.41) is 15.1. The molecule has 2 aliphatic rings. The van der Waals surface area contributed by atoms with E-state index in [1.54, 1.807) is 13.8 Å². The molecule has 2 amide bonds. The number of benzene rings is 2. The Morgan fingerprint density at radius 2 is 1.63 bits per heavy atom. The Morgan fingerprint density at radius 1 is 1.00 bits per heavy atom. The zero-order chi connectivity index (χ0) is 25.0. The highest BCUT2D eigenvalue weighted by Gasteiger charge is 2.36. The third-order valence-corrected chi connectivity index (χ3v) is 7.80. The summed E-state index contributed by atoms with van der Waals surface area (Å²) < 4.78 is 5.61. The van der Waals surface area contributed by atoms with Gasteiger partial charge in [0.1, 0.15) is 6.61 Å². The molecule has 186 valence electrons. The molecule has 4 rings (SSSR count). The summed E-state index contributed by atoms with van der Waals surface area (Å²) in [6, 6.07) is 16.4. The van der Waals surface area contributed by atoms with E-state index < -0.39 is 17.5 Å². The number of amides is 2. The number of hydrogen-bond donors (Lipinski definition) is 3. The minimum absolute atomic E-state index is 0.000248. The number of alkyl carbamates (subject to hydrolysis) is 1. The highest BCUT2D eigenvalue weighted by atomic mass is 16.5. The van der Waals surface area contributed by atoms with Gasteiger partial charge in [-0.2, -0.15) is 0 Å². The van der Waals surface area contributed by atoms with Gasteiger partial charge in [0.05, 0.1) is 5.41 Å². The first kappa shape index (κ1) is 24.8. The Bertz CT molecular complexity index is 1050. The Hall–Kier alpha value is -3.35. The number of carboxylic acid groups (broad SMARTS) is 1. The second kappa shape index (κ2) is 10.5. The van der Waals surface area contributed by atoms with Gasteiger partial charge in [-0.1, -0.05) is 61.9 Å². The predicted octanol–water partition coefficient (Wildman–Crippen LogP) is 4.56. The topological polar surface area (TPSA) is 105 Å². The molecular formula is C28H34N2O5. The van der Waals surface area contributed by atoms with E-state index in [1.807, 2.05) is 24.3 Å². The summed E-state index contributed by atoms with van der Waals surface area (Å²) in [6.45, 7) is 4.15. The number of aliphatic carboxylic acids is 1. The van der Waals surface area contributed by atoms with Crippen LogP contribution in [0.15, 0.2) is 48.5 Å². The molecule has 0 bridgehead atoms. The van der Waals surface area contributed by atoms with E-state index in [0.29, 0.717) is 13.0 Å². The standard InChI is InChI=1S/C28H34N2O5/c1-3-28(2,26(32)33)17-30-25(31)19-14-8-9-18(19)15-29-27(34)35-16-24-22-12-6-4-10-20(22)21-11-5-7-13-23(21)24/h4-7,10-13,18-19,24H,3,8-9,14-17H2,1-2H3,(H,29,34)(H,30,31)(H,32,33). The molecule has 0 aromatic heterocycles. The molecule has 3 N–H and O–H groups in total. The van der Waals surface area contributed by atoms with E-state index in [4.69, 9.17) is 4.74 Å². The average molecular weight is 479 g/mol. The van der Waals surface area contributed by atoms with Gasteiger partial charge in [-0.25, -0.2) is 4.79 Å². The van der Waals surface area contributed by atoms with E-state index in [-0.39, 0.29) is 36.8 Å². The van der Waals surface area contributed by atoms with Gasteiger partial charge in [-0.3, -0.25) is 9.59 Å². The van der Waals surface area contributed by atoms with Crippen molar-refractivity contribution in [3.05, 3.63) is 59.7 Å². The number of fused-ring (bicyclic) bond motifs is 3. The fourth-order valence-electron chi connectivity index (χ4n) is 5.26. The summed E-state index contributed by atoms with van der Waals surface area (Å²) in [4.78, 5) is 36.8. The minimum Gasteiger partial charge on any atom is -0.481 e. The van der Waals surface area contributed by atoms with Gasteiger partial charge in [0.15, 0.2) is 0 Å². The lowest BCUT2D eigenvalue weighted by molar-refractivity contribution is -0.148. The zero-order valence-corrected chi connectivity index (χ0v) is 20.4. The molecule has 0 aliphatic heterocycles. The summed E-state index contributed by atoms with van der Waals surface area (Å²) in [7, 11) is 0.